The first-order valence-electron chi connectivity index (χ1n) is 25.0. The summed E-state index contributed by atoms with van der Waals surface area (Å²) in [7, 11) is 0. The summed E-state index contributed by atoms with van der Waals surface area (Å²) in [6.45, 7) is 4.07. The molecule has 2 aliphatic carbocycles. The molecule has 380 valence electrons. The maximum Gasteiger partial charge on any atom is 0.269 e. The van der Waals surface area contributed by atoms with E-state index in [9.17, 15) is 30.7 Å². The third-order valence-corrected chi connectivity index (χ3v) is 14.0. The lowest BCUT2D eigenvalue weighted by atomic mass is 9.55. The minimum absolute atomic E-state index is 0.00932. The highest BCUT2D eigenvalue weighted by atomic mass is 16.7. The van der Waals surface area contributed by atoms with Crippen molar-refractivity contribution < 1.29 is 48.8 Å². The van der Waals surface area contributed by atoms with Gasteiger partial charge in [0.2, 0.25) is 5.79 Å². The number of aliphatic hydroxyl groups is 3. The summed E-state index contributed by atoms with van der Waals surface area (Å²) < 4.78 is 27.1. The Balaban J connectivity index is 1.30. The predicted octanol–water partition coefficient (Wildman–Crippen LogP) is 9.91. The number of hydrogen-bond donors (Lipinski definition) is 3. The number of aliphatic hydroxyl groups excluding tert-OH is 3. The van der Waals surface area contributed by atoms with Crippen molar-refractivity contribution in [2.24, 2.45) is 22.9 Å². The highest BCUT2D eigenvalue weighted by Gasteiger charge is 2.65. The zero-order valence-corrected chi connectivity index (χ0v) is 40.8. The normalized spacial score (nSPS) is 21.2. The van der Waals surface area contributed by atoms with E-state index in [1.54, 1.807) is 47.4 Å². The monoisotopic (exact) mass is 990 g/mol. The minimum Gasteiger partial charge on any atom is -0.459 e. The van der Waals surface area contributed by atoms with Crippen LogP contribution in [-0.2, 0) is 20.9 Å². The molecule has 8 rings (SSSR count). The molecule has 3 aliphatic rings. The van der Waals surface area contributed by atoms with Gasteiger partial charge in [0.05, 0.1) is 54.6 Å². The van der Waals surface area contributed by atoms with Crippen LogP contribution in [0.5, 0.6) is 17.2 Å². The van der Waals surface area contributed by atoms with Gasteiger partial charge in [-0.25, -0.2) is 0 Å². The highest BCUT2D eigenvalue weighted by Crippen LogP contribution is 2.62. The number of non-ortho nitro benzene ring substituents is 1. The van der Waals surface area contributed by atoms with Crippen molar-refractivity contribution in [2.45, 2.75) is 69.3 Å². The van der Waals surface area contributed by atoms with E-state index in [4.69, 9.17) is 28.9 Å². The van der Waals surface area contributed by atoms with Crippen LogP contribution in [0.25, 0.3) is 11.1 Å². The third kappa shape index (κ3) is 12.0. The smallest absolute Gasteiger partial charge is 0.269 e. The first-order valence-corrected chi connectivity index (χ1v) is 25.0. The first kappa shape index (κ1) is 52.1. The van der Waals surface area contributed by atoms with Gasteiger partial charge in [-0.1, -0.05) is 72.6 Å². The van der Waals surface area contributed by atoms with E-state index in [2.05, 4.69) is 30.9 Å². The van der Waals surface area contributed by atoms with Gasteiger partial charge in [-0.05, 0) is 127 Å². The molecule has 0 spiro atoms. The van der Waals surface area contributed by atoms with Gasteiger partial charge in [-0.3, -0.25) is 14.9 Å². The van der Waals surface area contributed by atoms with E-state index >= 15 is 4.79 Å². The number of carbonyl (C=O) groups is 1. The fourth-order valence-electron chi connectivity index (χ4n) is 10.7. The number of amides is 1. The molecule has 0 aromatic heterocycles. The van der Waals surface area contributed by atoms with E-state index < -0.39 is 22.7 Å². The molecule has 15 nitrogen and oxygen atoms in total. The van der Waals surface area contributed by atoms with Crippen LogP contribution in [0.1, 0.15) is 77.9 Å². The molecule has 5 aromatic rings. The molecule has 1 amide bonds. The zero-order chi connectivity index (χ0) is 51.2. The molecule has 6 unspecified atom stereocenters. The van der Waals surface area contributed by atoms with Crippen LogP contribution in [0.2, 0.25) is 0 Å². The second-order valence-corrected chi connectivity index (χ2v) is 18.5. The molecular formula is C58H62N4O11. The van der Waals surface area contributed by atoms with Gasteiger partial charge in [0.15, 0.2) is 0 Å². The zero-order valence-electron chi connectivity index (χ0n) is 40.8. The number of unbranched alkanes of at least 4 members (excludes halogenated alkanes) is 2. The number of carbonyl (C=O) groups excluding carboxylic acids is 1. The maximum absolute atomic E-state index is 15.2. The van der Waals surface area contributed by atoms with Crippen LogP contribution in [0.15, 0.2) is 151 Å². The summed E-state index contributed by atoms with van der Waals surface area (Å²) >= 11 is 0. The number of hydrogen-bond acceptors (Lipinski definition) is 13. The molecule has 73 heavy (non-hydrogen) atoms. The molecular weight excluding hydrogens is 929 g/mol. The third-order valence-electron chi connectivity index (χ3n) is 14.0. The number of rotatable bonds is 25. The SMILES string of the molecule is C=CCOC12Oc3ccc(Oc4ccc(-c5ccccc5)cc4)cc3C3C(CCCCO)C(CCCCO)C=C(C(=NOCc4ccc([N+](=O)[O-])cc4)CC1N(CCOCCO)C(=O)c1ccc(C#N)cc1)C32. The quantitative estimate of drug-likeness (QED) is 0.0216. The Bertz CT molecular complexity index is 2760. The van der Waals surface area contributed by atoms with Crippen LogP contribution in [0.4, 0.5) is 5.69 Å². The molecule has 0 radical (unpaired) electrons. The molecule has 6 atom stereocenters. The van der Waals surface area contributed by atoms with Crippen LogP contribution in [-0.4, -0.2) is 94.8 Å². The Morgan fingerprint density at radius 2 is 1.59 bits per heavy atom. The van der Waals surface area contributed by atoms with Crippen molar-refractivity contribution in [3.63, 3.8) is 0 Å². The minimum atomic E-state index is -1.59. The highest BCUT2D eigenvalue weighted by molar-refractivity contribution is 6.03. The Labute approximate surface area is 425 Å². The second-order valence-electron chi connectivity index (χ2n) is 18.5. The van der Waals surface area contributed by atoms with Crippen LogP contribution < -0.4 is 9.47 Å². The van der Waals surface area contributed by atoms with E-state index in [1.807, 2.05) is 60.7 Å². The largest absolute Gasteiger partial charge is 0.459 e. The number of fused-ring (bicyclic) bond motifs is 2. The molecule has 15 heteroatoms. The number of oxime groups is 1. The van der Waals surface area contributed by atoms with Gasteiger partial charge < -0.3 is 44.0 Å². The molecule has 1 saturated carbocycles. The molecule has 1 aliphatic heterocycles. The maximum atomic E-state index is 15.2. The van der Waals surface area contributed by atoms with Gasteiger partial charge in [0.25, 0.3) is 11.6 Å². The van der Waals surface area contributed by atoms with Crippen LogP contribution >= 0.6 is 0 Å². The lowest BCUT2D eigenvalue weighted by Gasteiger charge is -2.60. The molecule has 3 N–H and O–H groups in total. The topological polar surface area (TPSA) is 206 Å². The van der Waals surface area contributed by atoms with E-state index in [1.165, 1.54) is 12.1 Å². The Morgan fingerprint density at radius 3 is 2.27 bits per heavy atom. The number of nitriles is 1. The summed E-state index contributed by atoms with van der Waals surface area (Å²) in [5.41, 5.74) is 5.68. The molecule has 0 bridgehead atoms. The average Bonchev–Trinajstić information content (AvgIpc) is 3.42. The summed E-state index contributed by atoms with van der Waals surface area (Å²) in [6.07, 6.45) is 8.10. The van der Waals surface area contributed by atoms with Crippen LogP contribution in [0.3, 0.4) is 0 Å². The molecule has 1 fully saturated rings. The van der Waals surface area contributed by atoms with Gasteiger partial charge in [-0.15, -0.1) is 6.58 Å². The Hall–Kier alpha value is -7.19. The number of benzene rings is 5. The lowest BCUT2D eigenvalue weighted by Crippen LogP contribution is -2.70. The van der Waals surface area contributed by atoms with Gasteiger partial charge >= 0.3 is 0 Å². The summed E-state index contributed by atoms with van der Waals surface area (Å²) in [6, 6.07) is 37.5. The first-order chi connectivity index (χ1) is 35.7. The Morgan fingerprint density at radius 1 is 0.877 bits per heavy atom. The van der Waals surface area contributed by atoms with Gasteiger partial charge in [0, 0.05) is 55.4 Å². The summed E-state index contributed by atoms with van der Waals surface area (Å²) in [4.78, 5) is 34.1. The van der Waals surface area contributed by atoms with E-state index in [-0.39, 0.29) is 88.6 Å². The van der Waals surface area contributed by atoms with Crippen molar-refractivity contribution in [1.29, 1.82) is 5.26 Å². The second kappa shape index (κ2) is 25.0. The average molecular weight is 991 g/mol. The summed E-state index contributed by atoms with van der Waals surface area (Å²) in [5.74, 6) is -1.29. The van der Waals surface area contributed by atoms with Gasteiger partial charge in [-0.2, -0.15) is 5.26 Å². The van der Waals surface area contributed by atoms with Crippen molar-refractivity contribution in [1.82, 2.24) is 4.90 Å². The van der Waals surface area contributed by atoms with Crippen LogP contribution in [0, 0.1) is 39.2 Å². The number of nitro groups is 1. The van der Waals surface area contributed by atoms with Gasteiger partial charge in [0.1, 0.15) is 29.9 Å². The standard InChI is InChI=1S/C58H62N4O11/c1-2-32-70-58-54(61(28-33-69-34-31-65)57(66)44-18-14-40(38-59)15-19-44)37-52(60-71-39-41-16-22-46(23-17-41)62(67)68)50-35-45(12-6-8-29-63)49(13-7-9-30-64)55(56(50)58)51-36-48(26-27-53(51)73-58)72-47-24-20-43(21-25-47)42-10-4-3-5-11-42/h2-5,10-11,14-27,35-36,45,49,54-56,63-65H,1,6-9,12-13,28-34,37,39H2. The van der Waals surface area contributed by atoms with Crippen molar-refractivity contribution in [2.75, 3.05) is 46.2 Å². The number of nitrogens with zero attached hydrogens (tertiary/aromatic N) is 4. The van der Waals surface area contributed by atoms with E-state index in [0.717, 1.165) is 47.9 Å². The Kier molecular flexibility index (Phi) is 17.8. The predicted molar refractivity (Wildman–Crippen MR) is 275 cm³/mol. The molecule has 5 aromatic carbocycles. The number of nitro benzene ring substituents is 1. The fourth-order valence-corrected chi connectivity index (χ4v) is 10.7. The molecule has 0 saturated heterocycles. The number of allylic oxidation sites excluding steroid dienone is 1. The lowest BCUT2D eigenvalue weighted by molar-refractivity contribution is -0.384. The van der Waals surface area contributed by atoms with Crippen molar-refractivity contribution in [3.8, 4) is 34.4 Å². The van der Waals surface area contributed by atoms with E-state index in [0.29, 0.717) is 52.5 Å². The van der Waals surface area contributed by atoms with Crippen molar-refractivity contribution >= 4 is 17.3 Å². The number of ether oxygens (including phenoxy) is 4. The fraction of sp³-hybridized carbons (Fsp3) is 0.362. The summed E-state index contributed by atoms with van der Waals surface area (Å²) in [5, 5.41) is 55.8. The van der Waals surface area contributed by atoms with Crippen molar-refractivity contribution in [3.05, 3.63) is 178 Å². The molecule has 1 heterocycles.